The molecule has 1 aromatic heterocycles. The van der Waals surface area contributed by atoms with Crippen molar-refractivity contribution >= 4 is 11.6 Å². The molecule has 0 spiro atoms. The number of para-hydroxylation sites is 1. The molecule has 140 valence electrons. The fraction of sp³-hybridized carbons (Fsp3) is 0.238. The second-order valence-corrected chi connectivity index (χ2v) is 6.40. The van der Waals surface area contributed by atoms with Gasteiger partial charge in [0.05, 0.1) is 18.3 Å². The lowest BCUT2D eigenvalue weighted by Gasteiger charge is -2.19. The molecule has 0 fully saturated rings. The lowest BCUT2D eigenvalue weighted by molar-refractivity contribution is 0.0940. The lowest BCUT2D eigenvalue weighted by atomic mass is 10.1. The summed E-state index contributed by atoms with van der Waals surface area (Å²) in [5.41, 5.74) is 3.49. The molecular formula is C21H24N4O2. The highest BCUT2D eigenvalue weighted by Crippen LogP contribution is 2.22. The molecule has 1 amide bonds. The fourth-order valence-corrected chi connectivity index (χ4v) is 2.98. The van der Waals surface area contributed by atoms with Gasteiger partial charge in [0.25, 0.3) is 5.91 Å². The van der Waals surface area contributed by atoms with E-state index in [4.69, 9.17) is 5.11 Å². The Morgan fingerprint density at radius 3 is 2.59 bits per heavy atom. The summed E-state index contributed by atoms with van der Waals surface area (Å²) in [6, 6.07) is 16.9. The number of rotatable bonds is 7. The van der Waals surface area contributed by atoms with Crippen molar-refractivity contribution in [1.82, 2.24) is 15.1 Å². The number of aliphatic hydroxyl groups excluding tert-OH is 1. The van der Waals surface area contributed by atoms with E-state index in [1.165, 1.54) is 0 Å². The van der Waals surface area contributed by atoms with Gasteiger partial charge in [-0.05, 0) is 48.9 Å². The van der Waals surface area contributed by atoms with Gasteiger partial charge in [0.15, 0.2) is 0 Å². The topological polar surface area (TPSA) is 70.4 Å². The lowest BCUT2D eigenvalue weighted by Crippen LogP contribution is -2.27. The third kappa shape index (κ3) is 4.35. The number of benzene rings is 2. The van der Waals surface area contributed by atoms with Crippen molar-refractivity contribution in [3.05, 3.63) is 78.1 Å². The molecule has 0 aliphatic heterocycles. The molecule has 0 saturated heterocycles. The molecule has 0 saturated carbocycles. The quantitative estimate of drug-likeness (QED) is 0.676. The normalized spacial score (nSPS) is 11.8. The van der Waals surface area contributed by atoms with Crippen LogP contribution in [0, 0.1) is 0 Å². The van der Waals surface area contributed by atoms with Gasteiger partial charge in [0.2, 0.25) is 0 Å². The first kappa shape index (κ1) is 18.7. The molecule has 0 radical (unpaired) electrons. The number of carbonyl (C=O) groups excluding carboxylic acids is 1. The number of nitrogens with one attached hydrogen (secondary N) is 1. The van der Waals surface area contributed by atoms with Crippen molar-refractivity contribution in [3.8, 4) is 5.69 Å². The van der Waals surface area contributed by atoms with Crippen LogP contribution in [-0.2, 0) is 0 Å². The van der Waals surface area contributed by atoms with Gasteiger partial charge in [-0.15, -0.1) is 0 Å². The maximum atomic E-state index is 12.6. The molecule has 1 heterocycles. The van der Waals surface area contributed by atoms with Crippen LogP contribution in [0.15, 0.2) is 67.0 Å². The van der Waals surface area contributed by atoms with Gasteiger partial charge in [-0.3, -0.25) is 4.79 Å². The summed E-state index contributed by atoms with van der Waals surface area (Å²) in [4.78, 5) is 14.6. The van der Waals surface area contributed by atoms with Crippen molar-refractivity contribution in [2.24, 2.45) is 0 Å². The van der Waals surface area contributed by atoms with Crippen LogP contribution < -0.4 is 10.2 Å². The van der Waals surface area contributed by atoms with Crippen LogP contribution in [0.4, 0.5) is 5.69 Å². The van der Waals surface area contributed by atoms with E-state index in [2.05, 4.69) is 10.4 Å². The van der Waals surface area contributed by atoms with Gasteiger partial charge in [0, 0.05) is 37.2 Å². The largest absolute Gasteiger partial charge is 0.395 e. The monoisotopic (exact) mass is 364 g/mol. The molecule has 3 rings (SSSR count). The first-order valence-corrected chi connectivity index (χ1v) is 8.92. The molecule has 27 heavy (non-hydrogen) atoms. The van der Waals surface area contributed by atoms with Crippen LogP contribution in [-0.4, -0.2) is 41.0 Å². The summed E-state index contributed by atoms with van der Waals surface area (Å²) in [6.45, 7) is 2.60. The van der Waals surface area contributed by atoms with E-state index < -0.39 is 0 Å². The number of carbonyl (C=O) groups is 1. The Kier molecular flexibility index (Phi) is 5.88. The molecular weight excluding hydrogens is 340 g/mol. The third-order valence-electron chi connectivity index (χ3n) is 4.51. The molecule has 0 bridgehead atoms. The summed E-state index contributed by atoms with van der Waals surface area (Å²) >= 11 is 0. The molecule has 3 aromatic rings. The highest BCUT2D eigenvalue weighted by molar-refractivity contribution is 5.94. The van der Waals surface area contributed by atoms with E-state index in [-0.39, 0.29) is 18.6 Å². The Bertz CT molecular complexity index is 875. The van der Waals surface area contributed by atoms with Gasteiger partial charge >= 0.3 is 0 Å². The SMILES string of the molecule is C[C@H](NC(=O)c1ccc(N(C)CCO)cc1)c1ccccc1-n1cccn1. The van der Waals surface area contributed by atoms with Crippen LogP contribution in [0.25, 0.3) is 5.69 Å². The van der Waals surface area contributed by atoms with Gasteiger partial charge in [-0.1, -0.05) is 18.2 Å². The van der Waals surface area contributed by atoms with Crippen molar-refractivity contribution in [3.63, 3.8) is 0 Å². The zero-order valence-corrected chi connectivity index (χ0v) is 15.5. The molecule has 2 N–H and O–H groups in total. The van der Waals surface area contributed by atoms with Crippen molar-refractivity contribution < 1.29 is 9.90 Å². The highest BCUT2D eigenvalue weighted by atomic mass is 16.3. The number of nitrogens with zero attached hydrogens (tertiary/aromatic N) is 3. The second kappa shape index (κ2) is 8.51. The van der Waals surface area contributed by atoms with E-state index >= 15 is 0 Å². The van der Waals surface area contributed by atoms with E-state index in [0.29, 0.717) is 12.1 Å². The van der Waals surface area contributed by atoms with E-state index in [1.807, 2.05) is 67.5 Å². The molecule has 2 aromatic carbocycles. The zero-order chi connectivity index (χ0) is 19.2. The summed E-state index contributed by atoms with van der Waals surface area (Å²) < 4.78 is 1.80. The average Bonchev–Trinajstić information content (AvgIpc) is 3.23. The Balaban J connectivity index is 1.73. The van der Waals surface area contributed by atoms with Gasteiger partial charge in [-0.2, -0.15) is 5.10 Å². The average molecular weight is 364 g/mol. The standard InChI is InChI=1S/C21H24N4O2/c1-16(19-6-3-4-7-20(19)25-13-5-12-22-25)23-21(27)17-8-10-18(11-9-17)24(2)14-15-26/h3-13,16,26H,14-15H2,1-2H3,(H,23,27)/t16-/m0/s1. The van der Waals surface area contributed by atoms with Crippen LogP contribution in [0.3, 0.4) is 0 Å². The molecule has 6 heteroatoms. The van der Waals surface area contributed by atoms with E-state index in [9.17, 15) is 4.79 Å². The number of hydrogen-bond acceptors (Lipinski definition) is 4. The number of amides is 1. The smallest absolute Gasteiger partial charge is 0.251 e. The predicted octanol–water partition coefficient (Wildman–Crippen LogP) is 2.79. The van der Waals surface area contributed by atoms with E-state index in [1.54, 1.807) is 23.0 Å². The summed E-state index contributed by atoms with van der Waals surface area (Å²) in [7, 11) is 1.90. The molecule has 0 unspecified atom stereocenters. The number of aliphatic hydroxyl groups is 1. The minimum Gasteiger partial charge on any atom is -0.395 e. The third-order valence-corrected chi connectivity index (χ3v) is 4.51. The van der Waals surface area contributed by atoms with Crippen molar-refractivity contribution in [1.29, 1.82) is 0 Å². The van der Waals surface area contributed by atoms with Gasteiger partial charge < -0.3 is 15.3 Å². The summed E-state index contributed by atoms with van der Waals surface area (Å²) in [6.07, 6.45) is 3.62. The maximum absolute atomic E-state index is 12.6. The van der Waals surface area contributed by atoms with Crippen molar-refractivity contribution in [2.45, 2.75) is 13.0 Å². The maximum Gasteiger partial charge on any atom is 0.251 e. The first-order valence-electron chi connectivity index (χ1n) is 8.92. The summed E-state index contributed by atoms with van der Waals surface area (Å²) in [5, 5.41) is 16.4. The van der Waals surface area contributed by atoms with Crippen LogP contribution in [0.1, 0.15) is 28.9 Å². The number of hydrogen-bond donors (Lipinski definition) is 2. The Labute approximate surface area is 159 Å². The van der Waals surface area contributed by atoms with Crippen LogP contribution >= 0.6 is 0 Å². The van der Waals surface area contributed by atoms with Crippen molar-refractivity contribution in [2.75, 3.05) is 25.1 Å². The first-order chi connectivity index (χ1) is 13.1. The second-order valence-electron chi connectivity index (χ2n) is 6.40. The Morgan fingerprint density at radius 2 is 1.93 bits per heavy atom. The minimum absolute atomic E-state index is 0.0892. The molecule has 1 atom stereocenters. The molecule has 6 nitrogen and oxygen atoms in total. The predicted molar refractivity (Wildman–Crippen MR) is 106 cm³/mol. The number of likely N-dealkylation sites (N-methyl/N-ethyl adjacent to an activating group) is 1. The Morgan fingerprint density at radius 1 is 1.19 bits per heavy atom. The number of anilines is 1. The van der Waals surface area contributed by atoms with Gasteiger partial charge in [-0.25, -0.2) is 4.68 Å². The highest BCUT2D eigenvalue weighted by Gasteiger charge is 2.15. The molecule has 0 aliphatic rings. The minimum atomic E-state index is -0.172. The van der Waals surface area contributed by atoms with E-state index in [0.717, 1.165) is 16.9 Å². The Hall–Kier alpha value is -3.12. The molecule has 0 aliphatic carbocycles. The van der Waals surface area contributed by atoms with Gasteiger partial charge in [0.1, 0.15) is 0 Å². The van der Waals surface area contributed by atoms with Crippen LogP contribution in [0.2, 0.25) is 0 Å². The zero-order valence-electron chi connectivity index (χ0n) is 15.5. The summed E-state index contributed by atoms with van der Waals surface area (Å²) in [5.74, 6) is -0.130. The number of aromatic nitrogens is 2. The fourth-order valence-electron chi connectivity index (χ4n) is 2.98. The van der Waals surface area contributed by atoms with Crippen LogP contribution in [0.5, 0.6) is 0 Å².